The molecular formula is C12H12BrNO2. The van der Waals surface area contributed by atoms with Crippen LogP contribution in [-0.2, 0) is 6.61 Å². The molecule has 0 amide bonds. The van der Waals surface area contributed by atoms with Crippen molar-refractivity contribution in [3.8, 4) is 5.75 Å². The minimum Gasteiger partial charge on any atom is -0.484 e. The van der Waals surface area contributed by atoms with E-state index < -0.39 is 0 Å². The summed E-state index contributed by atoms with van der Waals surface area (Å²) in [7, 11) is 0. The molecule has 0 bridgehead atoms. The second kappa shape index (κ2) is 4.70. The Morgan fingerprint density at radius 3 is 2.81 bits per heavy atom. The third-order valence-electron chi connectivity index (χ3n) is 2.23. The maximum atomic E-state index is 5.55. The largest absolute Gasteiger partial charge is 0.484 e. The summed E-state index contributed by atoms with van der Waals surface area (Å²) in [4.78, 5) is 4.24. The fourth-order valence-electron chi connectivity index (χ4n) is 1.30. The molecule has 0 aliphatic heterocycles. The molecule has 16 heavy (non-hydrogen) atoms. The van der Waals surface area contributed by atoms with Gasteiger partial charge in [0.15, 0.2) is 6.61 Å². The molecule has 0 spiro atoms. The van der Waals surface area contributed by atoms with Gasteiger partial charge in [0.05, 0.1) is 5.69 Å². The highest BCUT2D eigenvalue weighted by Crippen LogP contribution is 2.19. The Balaban J connectivity index is 2.02. The van der Waals surface area contributed by atoms with Crippen molar-refractivity contribution in [3.05, 3.63) is 46.1 Å². The number of hydrogen-bond donors (Lipinski definition) is 0. The van der Waals surface area contributed by atoms with Crippen LogP contribution in [0.2, 0.25) is 0 Å². The zero-order valence-electron chi connectivity index (χ0n) is 9.16. The number of hydrogen-bond acceptors (Lipinski definition) is 3. The van der Waals surface area contributed by atoms with Crippen LogP contribution in [0.25, 0.3) is 0 Å². The molecule has 0 aliphatic rings. The van der Waals surface area contributed by atoms with E-state index in [0.29, 0.717) is 12.5 Å². The average Bonchev–Trinajstić information content (AvgIpc) is 2.56. The van der Waals surface area contributed by atoms with Gasteiger partial charge in [0.1, 0.15) is 11.5 Å². The highest BCUT2D eigenvalue weighted by molar-refractivity contribution is 9.10. The number of benzene rings is 1. The maximum absolute atomic E-state index is 5.55. The Hall–Kier alpha value is -1.29. The first-order valence-corrected chi connectivity index (χ1v) is 5.76. The Morgan fingerprint density at radius 2 is 2.19 bits per heavy atom. The third kappa shape index (κ3) is 2.64. The summed E-state index contributed by atoms with van der Waals surface area (Å²) in [6, 6.07) is 7.67. The molecule has 0 saturated heterocycles. The lowest BCUT2D eigenvalue weighted by Crippen LogP contribution is -1.95. The van der Waals surface area contributed by atoms with E-state index in [1.807, 2.05) is 38.1 Å². The first-order chi connectivity index (χ1) is 7.65. The minimum absolute atomic E-state index is 0.352. The molecule has 84 valence electrons. The van der Waals surface area contributed by atoms with Gasteiger partial charge >= 0.3 is 0 Å². The molecule has 0 atom stereocenters. The second-order valence-corrected chi connectivity index (χ2v) is 4.41. The SMILES string of the molecule is Cc1nc(COc2cccc(Br)c2)oc1C. The standard InChI is InChI=1S/C12H12BrNO2/c1-8-9(2)16-12(14-8)7-15-11-5-3-4-10(13)6-11/h3-6H,7H2,1-2H3. The lowest BCUT2D eigenvalue weighted by atomic mass is 10.3. The molecule has 0 aliphatic carbocycles. The van der Waals surface area contributed by atoms with Gasteiger partial charge in [0.25, 0.3) is 0 Å². The summed E-state index contributed by atoms with van der Waals surface area (Å²) in [6.07, 6.45) is 0. The Kier molecular flexibility index (Phi) is 3.29. The maximum Gasteiger partial charge on any atom is 0.232 e. The summed E-state index contributed by atoms with van der Waals surface area (Å²) in [5.41, 5.74) is 0.910. The van der Waals surface area contributed by atoms with Crippen LogP contribution in [0.5, 0.6) is 5.75 Å². The second-order valence-electron chi connectivity index (χ2n) is 3.50. The highest BCUT2D eigenvalue weighted by atomic mass is 79.9. The van der Waals surface area contributed by atoms with Gasteiger partial charge in [-0.05, 0) is 32.0 Å². The molecule has 1 aromatic heterocycles. The molecular weight excluding hydrogens is 270 g/mol. The zero-order chi connectivity index (χ0) is 11.5. The van der Waals surface area contributed by atoms with Crippen molar-refractivity contribution in [1.29, 1.82) is 0 Å². The normalized spacial score (nSPS) is 10.4. The molecule has 3 nitrogen and oxygen atoms in total. The molecule has 0 N–H and O–H groups in total. The molecule has 2 rings (SSSR count). The monoisotopic (exact) mass is 281 g/mol. The number of aryl methyl sites for hydroxylation is 2. The lowest BCUT2D eigenvalue weighted by molar-refractivity contribution is 0.260. The van der Waals surface area contributed by atoms with E-state index in [0.717, 1.165) is 21.7 Å². The van der Waals surface area contributed by atoms with Gasteiger partial charge in [-0.2, -0.15) is 0 Å². The van der Waals surface area contributed by atoms with Crippen molar-refractivity contribution < 1.29 is 9.15 Å². The van der Waals surface area contributed by atoms with Crippen molar-refractivity contribution in [2.24, 2.45) is 0 Å². The third-order valence-corrected chi connectivity index (χ3v) is 2.72. The molecule has 2 aromatic rings. The molecule has 1 heterocycles. The van der Waals surface area contributed by atoms with Crippen LogP contribution in [0, 0.1) is 13.8 Å². The number of aromatic nitrogens is 1. The van der Waals surface area contributed by atoms with E-state index in [-0.39, 0.29) is 0 Å². The predicted octanol–water partition coefficient (Wildman–Crippen LogP) is 3.63. The summed E-state index contributed by atoms with van der Waals surface area (Å²) in [6.45, 7) is 4.16. The lowest BCUT2D eigenvalue weighted by Gasteiger charge is -2.03. The van der Waals surface area contributed by atoms with Gasteiger partial charge in [-0.3, -0.25) is 0 Å². The average molecular weight is 282 g/mol. The smallest absolute Gasteiger partial charge is 0.232 e. The quantitative estimate of drug-likeness (QED) is 0.862. The zero-order valence-corrected chi connectivity index (χ0v) is 10.7. The fourth-order valence-corrected chi connectivity index (χ4v) is 1.68. The molecule has 4 heteroatoms. The van der Waals surface area contributed by atoms with Crippen LogP contribution in [0.3, 0.4) is 0 Å². The van der Waals surface area contributed by atoms with E-state index in [4.69, 9.17) is 9.15 Å². The molecule has 0 unspecified atom stereocenters. The van der Waals surface area contributed by atoms with Crippen LogP contribution in [0.1, 0.15) is 17.3 Å². The van der Waals surface area contributed by atoms with Crippen molar-refractivity contribution in [2.45, 2.75) is 20.5 Å². The first-order valence-electron chi connectivity index (χ1n) is 4.96. The number of ether oxygens (including phenoxy) is 1. The van der Waals surface area contributed by atoms with Gasteiger partial charge in [-0.1, -0.05) is 22.0 Å². The van der Waals surface area contributed by atoms with Gasteiger partial charge < -0.3 is 9.15 Å². The summed E-state index contributed by atoms with van der Waals surface area (Å²) >= 11 is 3.39. The molecule has 0 saturated carbocycles. The van der Waals surface area contributed by atoms with Crippen LogP contribution >= 0.6 is 15.9 Å². The van der Waals surface area contributed by atoms with E-state index in [2.05, 4.69) is 20.9 Å². The Morgan fingerprint density at radius 1 is 1.38 bits per heavy atom. The van der Waals surface area contributed by atoms with E-state index >= 15 is 0 Å². The van der Waals surface area contributed by atoms with Crippen molar-refractivity contribution in [1.82, 2.24) is 4.98 Å². The van der Waals surface area contributed by atoms with E-state index in [1.165, 1.54) is 0 Å². The van der Waals surface area contributed by atoms with Crippen molar-refractivity contribution in [2.75, 3.05) is 0 Å². The topological polar surface area (TPSA) is 35.3 Å². The van der Waals surface area contributed by atoms with Crippen LogP contribution in [0.15, 0.2) is 33.2 Å². The van der Waals surface area contributed by atoms with Crippen molar-refractivity contribution in [3.63, 3.8) is 0 Å². The molecule has 1 aromatic carbocycles. The van der Waals surface area contributed by atoms with E-state index in [9.17, 15) is 0 Å². The van der Waals surface area contributed by atoms with Crippen LogP contribution in [0.4, 0.5) is 0 Å². The Bertz CT molecular complexity index is 474. The summed E-state index contributed by atoms with van der Waals surface area (Å²) in [5, 5.41) is 0. The molecule has 0 fully saturated rings. The number of halogens is 1. The number of oxazole rings is 1. The minimum atomic E-state index is 0.352. The van der Waals surface area contributed by atoms with Gasteiger partial charge in [-0.15, -0.1) is 0 Å². The summed E-state index contributed by atoms with van der Waals surface area (Å²) < 4.78 is 12.0. The van der Waals surface area contributed by atoms with Crippen LogP contribution < -0.4 is 4.74 Å². The van der Waals surface area contributed by atoms with Crippen LogP contribution in [-0.4, -0.2) is 4.98 Å². The molecule has 0 radical (unpaired) electrons. The van der Waals surface area contributed by atoms with Gasteiger partial charge in [0, 0.05) is 4.47 Å². The predicted molar refractivity (Wildman–Crippen MR) is 64.5 cm³/mol. The number of rotatable bonds is 3. The van der Waals surface area contributed by atoms with Gasteiger partial charge in [0.2, 0.25) is 5.89 Å². The van der Waals surface area contributed by atoms with Crippen molar-refractivity contribution >= 4 is 15.9 Å². The highest BCUT2D eigenvalue weighted by Gasteiger charge is 2.05. The van der Waals surface area contributed by atoms with E-state index in [1.54, 1.807) is 0 Å². The Labute approximate surface area is 103 Å². The fraction of sp³-hybridized carbons (Fsp3) is 0.250. The van der Waals surface area contributed by atoms with Gasteiger partial charge in [-0.25, -0.2) is 4.98 Å². The first kappa shape index (κ1) is 11.2. The summed E-state index contributed by atoms with van der Waals surface area (Å²) in [5.74, 6) is 2.24. The number of nitrogens with zero attached hydrogens (tertiary/aromatic N) is 1.